The summed E-state index contributed by atoms with van der Waals surface area (Å²) in [4.78, 5) is 28.5. The van der Waals surface area contributed by atoms with Crippen molar-refractivity contribution >= 4 is 27.5 Å². The van der Waals surface area contributed by atoms with Crippen molar-refractivity contribution in [2.24, 2.45) is 10.9 Å². The molecule has 0 bridgehead atoms. The molecule has 4 N–H and O–H groups in total. The van der Waals surface area contributed by atoms with Crippen molar-refractivity contribution in [2.45, 2.75) is 30.3 Å². The maximum absolute atomic E-state index is 13.0. The highest BCUT2D eigenvalue weighted by molar-refractivity contribution is 7.89. The minimum atomic E-state index is -3.79. The van der Waals surface area contributed by atoms with Crippen molar-refractivity contribution in [3.05, 3.63) is 59.2 Å². The Hall–Kier alpha value is -2.75. The number of primary sulfonamides is 1. The molecule has 2 aromatic rings. The van der Waals surface area contributed by atoms with Gasteiger partial charge in [0.1, 0.15) is 0 Å². The quantitative estimate of drug-likeness (QED) is 0.736. The predicted octanol–water partition coefficient (Wildman–Crippen LogP) is 0.135. The van der Waals surface area contributed by atoms with E-state index >= 15 is 0 Å². The molecular weight excluding hydrogens is 392 g/mol. The average molecular weight is 414 g/mol. The number of benzene rings is 2. The van der Waals surface area contributed by atoms with E-state index in [-0.39, 0.29) is 17.3 Å². The van der Waals surface area contributed by atoms with Gasteiger partial charge in [-0.25, -0.2) is 13.6 Å². The van der Waals surface area contributed by atoms with Crippen molar-refractivity contribution in [1.29, 1.82) is 0 Å². The molecule has 0 aromatic heterocycles. The highest BCUT2D eigenvalue weighted by Crippen LogP contribution is 2.31. The zero-order valence-corrected chi connectivity index (χ0v) is 16.6. The molecule has 2 aromatic carbocycles. The Morgan fingerprint density at radius 1 is 1.07 bits per heavy atom. The summed E-state index contributed by atoms with van der Waals surface area (Å²) in [5, 5.41) is 5.19. The van der Waals surface area contributed by atoms with Gasteiger partial charge in [-0.1, -0.05) is 24.3 Å². The molecule has 0 unspecified atom stereocenters. The first-order valence-electron chi connectivity index (χ1n) is 9.30. The Bertz CT molecular complexity index is 1100. The Kier molecular flexibility index (Phi) is 4.89. The third kappa shape index (κ3) is 3.76. The van der Waals surface area contributed by atoms with Gasteiger partial charge < -0.3 is 10.6 Å². The van der Waals surface area contributed by atoms with Gasteiger partial charge >= 0.3 is 0 Å². The van der Waals surface area contributed by atoms with Gasteiger partial charge in [0.25, 0.3) is 0 Å². The first-order chi connectivity index (χ1) is 13.7. The molecule has 1 atom stereocenters. The monoisotopic (exact) mass is 414 g/mol. The van der Waals surface area contributed by atoms with Crippen LogP contribution in [0.3, 0.4) is 0 Å². The Morgan fingerprint density at radius 3 is 2.48 bits per heavy atom. The summed E-state index contributed by atoms with van der Waals surface area (Å²) in [5.74, 6) is -0.607. The number of carbonyl (C=O) groups excluding carboxylic acids is 2. The molecule has 152 valence electrons. The van der Waals surface area contributed by atoms with E-state index in [0.29, 0.717) is 31.6 Å². The van der Waals surface area contributed by atoms with Crippen LogP contribution in [0.15, 0.2) is 47.4 Å². The van der Waals surface area contributed by atoms with Gasteiger partial charge in [0, 0.05) is 18.8 Å². The standard InChI is InChI=1S/C20H22N4O4S/c21-20(26)18-10-13-3-1-2-4-15(13)11-23(18)12-19(25)24-8-7-14-9-16(29(22,27)28)5-6-17(14)24/h1-6,9,18H,7-8,10-12H2,(H2,21,26)(H2,22,27,28)/t18-/m1/s1. The summed E-state index contributed by atoms with van der Waals surface area (Å²) in [6, 6.07) is 11.8. The molecule has 4 rings (SSSR count). The van der Waals surface area contributed by atoms with Gasteiger partial charge in [-0.2, -0.15) is 0 Å². The van der Waals surface area contributed by atoms with E-state index in [9.17, 15) is 18.0 Å². The van der Waals surface area contributed by atoms with E-state index in [1.807, 2.05) is 29.2 Å². The molecule has 2 amide bonds. The molecule has 2 heterocycles. The third-order valence-corrected chi connectivity index (χ3v) is 6.50. The van der Waals surface area contributed by atoms with Crippen LogP contribution in [0.1, 0.15) is 16.7 Å². The fourth-order valence-corrected chi connectivity index (χ4v) is 4.66. The number of sulfonamides is 1. The maximum atomic E-state index is 13.0. The maximum Gasteiger partial charge on any atom is 0.241 e. The van der Waals surface area contributed by atoms with Crippen LogP contribution < -0.4 is 15.8 Å². The molecule has 0 fully saturated rings. The number of nitrogens with two attached hydrogens (primary N) is 2. The van der Waals surface area contributed by atoms with Crippen molar-refractivity contribution in [3.8, 4) is 0 Å². The summed E-state index contributed by atoms with van der Waals surface area (Å²) in [6.45, 7) is 0.979. The van der Waals surface area contributed by atoms with Gasteiger partial charge in [0.05, 0.1) is 17.5 Å². The van der Waals surface area contributed by atoms with Crippen molar-refractivity contribution in [3.63, 3.8) is 0 Å². The molecule has 2 aliphatic rings. The minimum absolute atomic E-state index is 0.0342. The number of hydrogen-bond acceptors (Lipinski definition) is 5. The van der Waals surface area contributed by atoms with Gasteiger partial charge in [0.15, 0.2) is 0 Å². The van der Waals surface area contributed by atoms with Gasteiger partial charge in [-0.15, -0.1) is 0 Å². The molecule has 0 radical (unpaired) electrons. The van der Waals surface area contributed by atoms with Crippen molar-refractivity contribution < 1.29 is 18.0 Å². The van der Waals surface area contributed by atoms with Crippen LogP contribution >= 0.6 is 0 Å². The number of fused-ring (bicyclic) bond motifs is 2. The third-order valence-electron chi connectivity index (χ3n) is 5.59. The Morgan fingerprint density at radius 2 is 1.79 bits per heavy atom. The van der Waals surface area contributed by atoms with Crippen LogP contribution in [0.5, 0.6) is 0 Å². The molecule has 29 heavy (non-hydrogen) atoms. The number of anilines is 1. The Balaban J connectivity index is 1.55. The lowest BCUT2D eigenvalue weighted by Crippen LogP contribution is -2.52. The summed E-state index contributed by atoms with van der Waals surface area (Å²) < 4.78 is 23.1. The van der Waals surface area contributed by atoms with E-state index in [1.54, 1.807) is 11.0 Å². The summed E-state index contributed by atoms with van der Waals surface area (Å²) in [6.07, 6.45) is 1.03. The van der Waals surface area contributed by atoms with Gasteiger partial charge in [0.2, 0.25) is 21.8 Å². The second kappa shape index (κ2) is 7.25. The van der Waals surface area contributed by atoms with Crippen LogP contribution in [0.2, 0.25) is 0 Å². The summed E-state index contributed by atoms with van der Waals surface area (Å²) >= 11 is 0. The van der Waals surface area contributed by atoms with E-state index in [0.717, 1.165) is 16.7 Å². The molecular formula is C20H22N4O4S. The highest BCUT2D eigenvalue weighted by atomic mass is 32.2. The molecule has 9 heteroatoms. The molecule has 8 nitrogen and oxygen atoms in total. The number of amides is 2. The predicted molar refractivity (Wildman–Crippen MR) is 107 cm³/mol. The van der Waals surface area contributed by atoms with E-state index < -0.39 is 22.0 Å². The number of primary amides is 1. The average Bonchev–Trinajstić information content (AvgIpc) is 3.10. The zero-order valence-electron chi connectivity index (χ0n) is 15.7. The number of carbonyl (C=O) groups is 2. The van der Waals surface area contributed by atoms with E-state index in [2.05, 4.69) is 0 Å². The Labute approximate surface area is 169 Å². The number of nitrogens with zero attached hydrogens (tertiary/aromatic N) is 2. The lowest BCUT2D eigenvalue weighted by atomic mass is 9.93. The summed E-state index contributed by atoms with van der Waals surface area (Å²) in [7, 11) is -3.79. The van der Waals surface area contributed by atoms with Gasteiger partial charge in [-0.05, 0) is 47.7 Å². The van der Waals surface area contributed by atoms with Crippen molar-refractivity contribution in [1.82, 2.24) is 4.90 Å². The fraction of sp³-hybridized carbons (Fsp3) is 0.300. The van der Waals surface area contributed by atoms with Crippen LogP contribution in [-0.4, -0.2) is 44.3 Å². The number of hydrogen-bond donors (Lipinski definition) is 2. The first kappa shape index (κ1) is 19.6. The molecule has 0 aliphatic carbocycles. The van der Waals surface area contributed by atoms with Crippen LogP contribution in [0, 0.1) is 0 Å². The van der Waals surface area contributed by atoms with Crippen LogP contribution in [0.25, 0.3) is 0 Å². The first-order valence-corrected chi connectivity index (χ1v) is 10.8. The van der Waals surface area contributed by atoms with Crippen LogP contribution in [0.4, 0.5) is 5.69 Å². The normalized spacial score (nSPS) is 18.9. The zero-order chi connectivity index (χ0) is 20.8. The van der Waals surface area contributed by atoms with E-state index in [1.165, 1.54) is 12.1 Å². The number of rotatable bonds is 4. The van der Waals surface area contributed by atoms with Gasteiger partial charge in [-0.3, -0.25) is 14.5 Å². The topological polar surface area (TPSA) is 127 Å². The summed E-state index contributed by atoms with van der Waals surface area (Å²) in [5.41, 5.74) is 9.20. The second-order valence-electron chi connectivity index (χ2n) is 7.43. The molecule has 0 saturated carbocycles. The fourth-order valence-electron chi connectivity index (χ4n) is 4.10. The van der Waals surface area contributed by atoms with Crippen molar-refractivity contribution in [2.75, 3.05) is 18.0 Å². The second-order valence-corrected chi connectivity index (χ2v) is 8.99. The minimum Gasteiger partial charge on any atom is -0.368 e. The SMILES string of the molecule is NC(=O)[C@H]1Cc2ccccc2CN1CC(=O)N1CCc2cc(S(N)(=O)=O)ccc21. The highest BCUT2D eigenvalue weighted by Gasteiger charge is 2.34. The smallest absolute Gasteiger partial charge is 0.241 e. The van der Waals surface area contributed by atoms with E-state index in [4.69, 9.17) is 10.9 Å². The largest absolute Gasteiger partial charge is 0.368 e. The lowest BCUT2D eigenvalue weighted by molar-refractivity contribution is -0.126. The van der Waals surface area contributed by atoms with Crippen LogP contribution in [-0.2, 0) is 39.0 Å². The lowest BCUT2D eigenvalue weighted by Gasteiger charge is -2.35. The molecule has 0 spiro atoms. The molecule has 2 aliphatic heterocycles. The molecule has 0 saturated heterocycles.